The molecule has 0 unspecified atom stereocenters. The molecule has 0 aliphatic rings. The van der Waals surface area contributed by atoms with E-state index in [1.54, 1.807) is 28.0 Å². The summed E-state index contributed by atoms with van der Waals surface area (Å²) in [6.45, 7) is 4.79. The number of carbonyl (C=O) groups is 1. The number of hydrogen-bond acceptors (Lipinski definition) is 3. The van der Waals surface area contributed by atoms with Crippen molar-refractivity contribution >= 4 is 37.8 Å². The zero-order chi connectivity index (χ0) is 14.8. The Hall–Kier alpha value is -1.15. The van der Waals surface area contributed by atoms with E-state index in [1.165, 1.54) is 0 Å². The minimum atomic E-state index is -0.739. The van der Waals surface area contributed by atoms with Crippen LogP contribution in [0.15, 0.2) is 33.7 Å². The summed E-state index contributed by atoms with van der Waals surface area (Å²) in [5.74, 6) is -0.0840. The quantitative estimate of drug-likeness (QED) is 0.830. The molecule has 0 atom stereocenters. The van der Waals surface area contributed by atoms with Gasteiger partial charge in [0.15, 0.2) is 0 Å². The molecule has 0 aliphatic carbocycles. The van der Waals surface area contributed by atoms with Gasteiger partial charge in [0.1, 0.15) is 5.54 Å². The van der Waals surface area contributed by atoms with E-state index in [-0.39, 0.29) is 5.91 Å². The SMILES string of the molecule is CC(C)(C(=O)NCCn1cc(Br)cn1)n1cc(Br)cn1. The fourth-order valence-electron chi connectivity index (χ4n) is 1.67. The summed E-state index contributed by atoms with van der Waals surface area (Å²) in [6, 6.07) is 0. The molecule has 2 heterocycles. The molecule has 0 saturated heterocycles. The highest BCUT2D eigenvalue weighted by Gasteiger charge is 2.30. The van der Waals surface area contributed by atoms with Crippen LogP contribution in [-0.4, -0.2) is 32.0 Å². The smallest absolute Gasteiger partial charge is 0.247 e. The van der Waals surface area contributed by atoms with Gasteiger partial charge in [-0.05, 0) is 45.7 Å². The molecular weight excluding hydrogens is 390 g/mol. The molecule has 108 valence electrons. The molecule has 2 rings (SSSR count). The summed E-state index contributed by atoms with van der Waals surface area (Å²) < 4.78 is 5.17. The second-order valence-corrected chi connectivity index (χ2v) is 6.67. The largest absolute Gasteiger partial charge is 0.352 e. The van der Waals surface area contributed by atoms with E-state index in [2.05, 4.69) is 47.4 Å². The summed E-state index contributed by atoms with van der Waals surface area (Å²) in [6.07, 6.45) is 7.02. The molecule has 1 N–H and O–H groups in total. The van der Waals surface area contributed by atoms with E-state index in [0.717, 1.165) is 8.95 Å². The van der Waals surface area contributed by atoms with Gasteiger partial charge in [-0.1, -0.05) is 0 Å². The number of aromatic nitrogens is 4. The summed E-state index contributed by atoms with van der Waals surface area (Å²) in [5, 5.41) is 11.2. The van der Waals surface area contributed by atoms with Crippen LogP contribution in [0, 0.1) is 0 Å². The Morgan fingerprint density at radius 2 is 1.90 bits per heavy atom. The summed E-state index contributed by atoms with van der Waals surface area (Å²) >= 11 is 6.66. The number of nitrogens with one attached hydrogen (secondary N) is 1. The van der Waals surface area contributed by atoms with Crippen molar-refractivity contribution in [2.45, 2.75) is 25.9 Å². The van der Waals surface area contributed by atoms with Crippen LogP contribution in [-0.2, 0) is 16.9 Å². The van der Waals surface area contributed by atoms with Crippen LogP contribution in [0.1, 0.15) is 13.8 Å². The monoisotopic (exact) mass is 403 g/mol. The van der Waals surface area contributed by atoms with Crippen molar-refractivity contribution in [3.63, 3.8) is 0 Å². The van der Waals surface area contributed by atoms with E-state index < -0.39 is 5.54 Å². The minimum absolute atomic E-state index is 0.0840. The lowest BCUT2D eigenvalue weighted by Gasteiger charge is -2.24. The van der Waals surface area contributed by atoms with Crippen LogP contribution in [0.5, 0.6) is 0 Å². The third-order valence-electron chi connectivity index (χ3n) is 2.91. The predicted molar refractivity (Wildman–Crippen MR) is 82.2 cm³/mol. The standard InChI is InChI=1S/C12H15Br2N5O/c1-12(2,19-8-10(14)6-17-19)11(20)15-3-4-18-7-9(13)5-16-18/h5-8H,3-4H2,1-2H3,(H,15,20). The van der Waals surface area contributed by atoms with Gasteiger partial charge in [-0.25, -0.2) is 0 Å². The van der Waals surface area contributed by atoms with E-state index in [0.29, 0.717) is 13.1 Å². The molecule has 0 saturated carbocycles. The second kappa shape index (κ2) is 6.09. The van der Waals surface area contributed by atoms with Gasteiger partial charge in [0.25, 0.3) is 0 Å². The van der Waals surface area contributed by atoms with Crippen LogP contribution in [0.25, 0.3) is 0 Å². The fraction of sp³-hybridized carbons (Fsp3) is 0.417. The Labute approximate surface area is 133 Å². The van der Waals surface area contributed by atoms with Crippen molar-refractivity contribution < 1.29 is 4.79 Å². The van der Waals surface area contributed by atoms with Crippen LogP contribution >= 0.6 is 31.9 Å². The summed E-state index contributed by atoms with van der Waals surface area (Å²) in [7, 11) is 0. The van der Waals surface area contributed by atoms with Crippen LogP contribution in [0.2, 0.25) is 0 Å². The Balaban J connectivity index is 1.91. The number of rotatable bonds is 5. The highest BCUT2D eigenvalue weighted by Crippen LogP contribution is 2.17. The number of carbonyl (C=O) groups excluding carboxylic acids is 1. The first-order valence-electron chi connectivity index (χ1n) is 6.06. The van der Waals surface area contributed by atoms with Gasteiger partial charge in [0.2, 0.25) is 5.91 Å². The van der Waals surface area contributed by atoms with Crippen molar-refractivity contribution in [1.29, 1.82) is 0 Å². The van der Waals surface area contributed by atoms with Gasteiger partial charge < -0.3 is 5.32 Å². The maximum absolute atomic E-state index is 12.2. The van der Waals surface area contributed by atoms with Crippen molar-refractivity contribution in [2.24, 2.45) is 0 Å². The molecule has 1 amide bonds. The molecule has 6 nitrogen and oxygen atoms in total. The zero-order valence-corrected chi connectivity index (χ0v) is 14.3. The average molecular weight is 405 g/mol. The lowest BCUT2D eigenvalue weighted by Crippen LogP contribution is -2.45. The Morgan fingerprint density at radius 3 is 2.45 bits per heavy atom. The maximum atomic E-state index is 12.2. The molecular formula is C12H15Br2N5O. The summed E-state index contributed by atoms with van der Waals surface area (Å²) in [4.78, 5) is 12.2. The van der Waals surface area contributed by atoms with Crippen molar-refractivity contribution in [2.75, 3.05) is 6.54 Å². The van der Waals surface area contributed by atoms with E-state index >= 15 is 0 Å². The molecule has 0 aromatic carbocycles. The normalized spacial score (nSPS) is 11.6. The first-order valence-corrected chi connectivity index (χ1v) is 7.65. The van der Waals surface area contributed by atoms with Crippen molar-refractivity contribution in [1.82, 2.24) is 24.9 Å². The van der Waals surface area contributed by atoms with Gasteiger partial charge in [-0.15, -0.1) is 0 Å². The fourth-order valence-corrected chi connectivity index (χ4v) is 2.28. The van der Waals surface area contributed by atoms with Gasteiger partial charge in [0.05, 0.1) is 27.9 Å². The Kier molecular flexibility index (Phi) is 4.64. The number of amides is 1. The number of nitrogens with zero attached hydrogens (tertiary/aromatic N) is 4. The third kappa shape index (κ3) is 3.49. The zero-order valence-electron chi connectivity index (χ0n) is 11.2. The Bertz CT molecular complexity index is 605. The third-order valence-corrected chi connectivity index (χ3v) is 3.73. The summed E-state index contributed by atoms with van der Waals surface area (Å²) in [5.41, 5.74) is -0.739. The van der Waals surface area contributed by atoms with E-state index in [1.807, 2.05) is 20.0 Å². The molecule has 0 bridgehead atoms. The van der Waals surface area contributed by atoms with Crippen molar-refractivity contribution in [3.05, 3.63) is 33.7 Å². The van der Waals surface area contributed by atoms with Crippen LogP contribution < -0.4 is 5.32 Å². The van der Waals surface area contributed by atoms with Gasteiger partial charge in [-0.3, -0.25) is 14.2 Å². The minimum Gasteiger partial charge on any atom is -0.352 e. The molecule has 20 heavy (non-hydrogen) atoms. The average Bonchev–Trinajstić information content (AvgIpc) is 2.98. The topological polar surface area (TPSA) is 64.7 Å². The molecule has 2 aromatic heterocycles. The molecule has 0 fully saturated rings. The van der Waals surface area contributed by atoms with Gasteiger partial charge in [-0.2, -0.15) is 10.2 Å². The van der Waals surface area contributed by atoms with E-state index in [4.69, 9.17) is 0 Å². The molecule has 0 radical (unpaired) electrons. The first kappa shape index (κ1) is 15.2. The predicted octanol–water partition coefficient (Wildman–Crippen LogP) is 2.16. The Morgan fingerprint density at radius 1 is 1.25 bits per heavy atom. The lowest BCUT2D eigenvalue weighted by atomic mass is 10.1. The lowest BCUT2D eigenvalue weighted by molar-refractivity contribution is -0.128. The van der Waals surface area contributed by atoms with Gasteiger partial charge in [0, 0.05) is 18.9 Å². The van der Waals surface area contributed by atoms with Crippen LogP contribution in [0.4, 0.5) is 0 Å². The number of halogens is 2. The maximum Gasteiger partial charge on any atom is 0.247 e. The molecule has 8 heteroatoms. The highest BCUT2D eigenvalue weighted by molar-refractivity contribution is 9.10. The second-order valence-electron chi connectivity index (χ2n) is 4.84. The molecule has 2 aromatic rings. The highest BCUT2D eigenvalue weighted by atomic mass is 79.9. The van der Waals surface area contributed by atoms with Crippen LogP contribution in [0.3, 0.4) is 0 Å². The first-order chi connectivity index (χ1) is 9.39. The molecule has 0 spiro atoms. The van der Waals surface area contributed by atoms with Crippen molar-refractivity contribution in [3.8, 4) is 0 Å². The number of hydrogen-bond donors (Lipinski definition) is 1. The van der Waals surface area contributed by atoms with E-state index in [9.17, 15) is 4.79 Å². The van der Waals surface area contributed by atoms with Gasteiger partial charge >= 0.3 is 0 Å². The molecule has 0 aliphatic heterocycles.